The van der Waals surface area contributed by atoms with E-state index in [4.69, 9.17) is 32.7 Å². The van der Waals surface area contributed by atoms with E-state index in [1.807, 2.05) is 37.3 Å². The van der Waals surface area contributed by atoms with Crippen LogP contribution in [0.15, 0.2) is 72.8 Å². The van der Waals surface area contributed by atoms with Gasteiger partial charge in [-0.3, -0.25) is 29.2 Å². The molecule has 10 heterocycles. The molecular weight excluding hydrogens is 1720 g/mol. The van der Waals surface area contributed by atoms with Crippen LogP contribution < -0.4 is 19.6 Å². The highest BCUT2D eigenvalue weighted by Gasteiger charge is 2.46. The maximum atomic E-state index is 12.6. The van der Waals surface area contributed by atoms with Crippen molar-refractivity contribution in [1.82, 2.24) is 39.2 Å². The zero-order chi connectivity index (χ0) is 91.3. The molecule has 4 aromatic rings. The lowest BCUT2D eigenvalue weighted by molar-refractivity contribution is -0.200. The summed E-state index contributed by atoms with van der Waals surface area (Å²) in [5, 5.41) is 19.8. The first-order valence-corrected chi connectivity index (χ1v) is 43.7. The van der Waals surface area contributed by atoms with Crippen LogP contribution in [0.1, 0.15) is 112 Å². The quantitative estimate of drug-likeness (QED) is 0.0695. The Bertz CT molecular complexity index is 4150. The molecule has 26 nitrogen and oxygen atoms in total. The maximum absolute atomic E-state index is 12.6. The van der Waals surface area contributed by atoms with Crippen molar-refractivity contribution in [1.29, 1.82) is 0 Å². The number of carbonyl (C=O) groups is 6. The molecule has 40 heteroatoms. The molecule has 10 aliphatic rings. The van der Waals surface area contributed by atoms with Gasteiger partial charge in [0.15, 0.2) is 24.4 Å². The first-order valence-electron chi connectivity index (χ1n) is 43.0. The first-order chi connectivity index (χ1) is 59.5. The van der Waals surface area contributed by atoms with Gasteiger partial charge in [0.25, 0.3) is 0 Å². The summed E-state index contributed by atoms with van der Waals surface area (Å²) >= 11 is 12.8. The van der Waals surface area contributed by atoms with Gasteiger partial charge in [-0.2, -0.15) is 52.7 Å². The molecular formula is C86H114Cl2F12N12O14. The van der Waals surface area contributed by atoms with Crippen LogP contribution in [0, 0.1) is 25.7 Å². The zero-order valence-corrected chi connectivity index (χ0v) is 73.1. The number of piperazine rings is 4. The van der Waals surface area contributed by atoms with Gasteiger partial charge >= 0.3 is 61.0 Å². The number of morpholine rings is 2. The van der Waals surface area contributed by atoms with Gasteiger partial charge < -0.3 is 77.8 Å². The minimum Gasteiger partial charge on any atom is -0.481 e. The van der Waals surface area contributed by atoms with Crippen LogP contribution in [-0.4, -0.2) is 316 Å². The standard InChI is InChI=1S/C22H30F3N3O4.C22H30F3N3O3.C21H27ClF3N3O4.C21H27ClF3N3O3/c1-15-3-4-18(19(13-15)27-7-5-17(6-8-27)20(29)30)14-26-9-11-28(12-10-26)21(31)32-16(2)22(23,24)25;1-15-3-4-17(20(11-15)28-13-18-5-6-19(14-28)31-18)12-26-7-9-27(10-8-26)21(29)30-16(2)22(23,24)25;1-14(21(23,24)25)32-20(31)28-10-8-26(9-11-28)13-16-2-3-17(22)12-18(16)27-6-4-15(5-7-27)19(29)30;1-14(21(23,24)25)30-20(29)27-9-7-26(8-10-27)11-15-3-2-4-18(22)19(15)28-12-16-5-6-17(13-28)31-16/h3-4,13,16-17H,5-12,14H2,1-2H3,(H,29,30);3-4,11,16,18-19H,5-10,12-14H2,1-2H3;2-3,12,14-15H,4-11,13H2,1H3,(H,29,30);2-4,14,16-17H,5-13H2,1H3. The van der Waals surface area contributed by atoms with Crippen molar-refractivity contribution in [2.45, 2.75) is 193 Å². The minimum atomic E-state index is -4.58. The van der Waals surface area contributed by atoms with E-state index in [9.17, 15) is 91.7 Å². The second kappa shape index (κ2) is 43.3. The maximum Gasteiger partial charge on any atom is 0.425 e. The Hall–Kier alpha value is -8.40. The Balaban J connectivity index is 0.000000163. The smallest absolute Gasteiger partial charge is 0.425 e. The van der Waals surface area contributed by atoms with Crippen molar-refractivity contribution in [2.24, 2.45) is 11.8 Å². The average molecular weight is 1840 g/mol. The number of ether oxygens (including phenoxy) is 6. The number of piperidine rings is 2. The predicted octanol–water partition coefficient (Wildman–Crippen LogP) is 14.8. The average Bonchev–Trinajstić information content (AvgIpc) is 1.52. The summed E-state index contributed by atoms with van der Waals surface area (Å²) in [5.41, 5.74) is 11.1. The fraction of sp³-hybridized carbons (Fsp3) is 0.651. The highest BCUT2D eigenvalue weighted by Crippen LogP contribution is 2.40. The van der Waals surface area contributed by atoms with Gasteiger partial charge in [-0.25, -0.2) is 19.2 Å². The van der Waals surface area contributed by atoms with Crippen molar-refractivity contribution >= 4 is 82.3 Å². The molecule has 0 aromatic heterocycles. The Morgan fingerprint density at radius 2 is 0.643 bits per heavy atom. The molecule has 700 valence electrons. The minimum absolute atomic E-state index is 0.247. The van der Waals surface area contributed by atoms with Crippen molar-refractivity contribution in [2.75, 3.05) is 177 Å². The molecule has 0 saturated carbocycles. The van der Waals surface area contributed by atoms with Gasteiger partial charge in [-0.1, -0.05) is 65.7 Å². The number of halogens is 14. The van der Waals surface area contributed by atoms with Crippen molar-refractivity contribution in [3.05, 3.63) is 116 Å². The lowest BCUT2D eigenvalue weighted by Crippen LogP contribution is -2.50. The molecule has 10 fully saturated rings. The fourth-order valence-electron chi connectivity index (χ4n) is 17.0. The second-order valence-corrected chi connectivity index (χ2v) is 34.9. The van der Waals surface area contributed by atoms with E-state index in [2.05, 4.69) is 101 Å². The summed E-state index contributed by atoms with van der Waals surface area (Å²) in [6.45, 7) is 23.0. The number of para-hydroxylation sites is 1. The Labute approximate surface area is 735 Å². The van der Waals surface area contributed by atoms with Crippen molar-refractivity contribution in [3.63, 3.8) is 0 Å². The Morgan fingerprint density at radius 3 is 0.944 bits per heavy atom. The van der Waals surface area contributed by atoms with Gasteiger partial charge in [-0.15, -0.1) is 0 Å². The Morgan fingerprint density at radius 1 is 0.365 bits per heavy atom. The lowest BCUT2D eigenvalue weighted by Gasteiger charge is -2.38. The normalized spacial score (nSPS) is 22.6. The molecule has 10 aliphatic heterocycles. The fourth-order valence-corrected chi connectivity index (χ4v) is 17.5. The molecule has 10 saturated heterocycles. The third-order valence-electron chi connectivity index (χ3n) is 24.8. The molecule has 4 bridgehead atoms. The largest absolute Gasteiger partial charge is 0.481 e. The van der Waals surface area contributed by atoms with E-state index in [0.717, 1.165) is 125 Å². The highest BCUT2D eigenvalue weighted by atomic mass is 35.5. The predicted molar refractivity (Wildman–Crippen MR) is 446 cm³/mol. The first kappa shape index (κ1) is 98.2. The number of rotatable bonds is 18. The summed E-state index contributed by atoms with van der Waals surface area (Å²) in [6.07, 6.45) is -22.6. The van der Waals surface area contributed by atoms with E-state index in [1.165, 1.54) is 36.4 Å². The number of hydrogen-bond donors (Lipinski definition) is 2. The third-order valence-corrected chi connectivity index (χ3v) is 25.3. The lowest BCUT2D eigenvalue weighted by atomic mass is 9.95. The monoisotopic (exact) mass is 1840 g/mol. The van der Waals surface area contributed by atoms with E-state index in [-0.39, 0.29) is 37.1 Å². The number of aryl methyl sites for hydroxylation is 2. The molecule has 0 spiro atoms. The molecule has 8 unspecified atom stereocenters. The van der Waals surface area contributed by atoms with Crippen LogP contribution in [0.2, 0.25) is 10.0 Å². The second-order valence-electron chi connectivity index (χ2n) is 34.0. The molecule has 14 rings (SSSR count). The van der Waals surface area contributed by atoms with Crippen LogP contribution in [-0.2, 0) is 64.2 Å². The number of benzene rings is 4. The summed E-state index contributed by atoms with van der Waals surface area (Å²) < 4.78 is 182. The van der Waals surface area contributed by atoms with Crippen molar-refractivity contribution in [3.8, 4) is 0 Å². The van der Waals surface area contributed by atoms with Gasteiger partial charge in [0.1, 0.15) is 0 Å². The molecule has 0 aliphatic carbocycles. The van der Waals surface area contributed by atoms with Crippen LogP contribution in [0.4, 0.5) is 94.6 Å². The third kappa shape index (κ3) is 27.6. The topological polar surface area (TPSA) is 237 Å². The van der Waals surface area contributed by atoms with Crippen molar-refractivity contribution < 1.29 is 120 Å². The number of carbonyl (C=O) groups excluding carboxylic acids is 4. The highest BCUT2D eigenvalue weighted by molar-refractivity contribution is 6.33. The summed E-state index contributed by atoms with van der Waals surface area (Å²) in [5.74, 6) is -2.14. The molecule has 126 heavy (non-hydrogen) atoms. The number of nitrogens with zero attached hydrogens (tertiary/aromatic N) is 12. The number of carboxylic acid groups (broad SMARTS) is 2. The molecule has 0 radical (unpaired) electrons. The van der Waals surface area contributed by atoms with E-state index < -0.39 is 85.4 Å². The van der Waals surface area contributed by atoms with Gasteiger partial charge in [0.05, 0.1) is 47.0 Å². The number of alkyl halides is 12. The Kier molecular flexibility index (Phi) is 33.8. The number of carboxylic acids is 2. The number of amides is 4. The molecule has 4 aromatic carbocycles. The SMILES string of the molecule is CC(OC(=O)N1CCN(Cc2ccc(Cl)cc2N2CCC(C(=O)O)CC2)CC1)C(F)(F)F.CC(OC(=O)N1CCN(Cc2cccc(Cl)c2N2CC3CCC(C2)O3)CC1)C(F)(F)F.Cc1ccc(CN2CCN(C(=O)OC(C)C(F)(F)F)CC2)c(N2CC3CCC(C2)O3)c1.Cc1ccc(CN2CCN(C(=O)OC(C)C(F)(F)F)CC2)c(N2CCC(C(=O)O)CC2)c1. The van der Waals surface area contributed by atoms with E-state index in [0.29, 0.717) is 185 Å². The van der Waals surface area contributed by atoms with Gasteiger partial charge in [0, 0.05) is 205 Å². The number of anilines is 4. The van der Waals surface area contributed by atoms with Gasteiger partial charge in [-0.05, 0) is 157 Å². The molecule has 8 atom stereocenters. The summed E-state index contributed by atoms with van der Waals surface area (Å²) in [4.78, 5) is 93.7. The molecule has 2 N–H and O–H groups in total. The zero-order valence-electron chi connectivity index (χ0n) is 71.6. The molecule has 4 amide bonds. The van der Waals surface area contributed by atoms with Gasteiger partial charge in [0.2, 0.25) is 0 Å². The van der Waals surface area contributed by atoms with E-state index >= 15 is 0 Å². The van der Waals surface area contributed by atoms with E-state index in [1.54, 1.807) is 6.07 Å². The summed E-state index contributed by atoms with van der Waals surface area (Å²) in [7, 11) is 0. The van der Waals surface area contributed by atoms with Crippen LogP contribution in [0.5, 0.6) is 0 Å². The number of fused-ring (bicyclic) bond motifs is 4. The summed E-state index contributed by atoms with van der Waals surface area (Å²) in [6, 6.07) is 24.2. The number of hydrogen-bond acceptors (Lipinski definition) is 20. The number of aliphatic carboxylic acids is 2. The van der Waals surface area contributed by atoms with Crippen LogP contribution >= 0.6 is 23.2 Å². The van der Waals surface area contributed by atoms with Crippen LogP contribution in [0.25, 0.3) is 0 Å². The van der Waals surface area contributed by atoms with Crippen LogP contribution in [0.3, 0.4) is 0 Å².